The summed E-state index contributed by atoms with van der Waals surface area (Å²) < 4.78 is 37.2. The zero-order valence-corrected chi connectivity index (χ0v) is 14.4. The summed E-state index contributed by atoms with van der Waals surface area (Å²) in [4.78, 5) is 11.2. The summed E-state index contributed by atoms with van der Waals surface area (Å²) in [5, 5.41) is 6.21. The Kier molecular flexibility index (Phi) is 5.05. The van der Waals surface area contributed by atoms with E-state index >= 15 is 0 Å². The number of sulfonamides is 1. The standard InChI is InChI=1S/C16H19N3O5S/c1-2-15(20)17-11-12-6-9-19(10-7-12)25(21,22)16-4-3-13(23-16)14-5-8-18-24-14/h2-5,8,12H,1,6-7,9-11H2,(H,17,20). The predicted octanol–water partition coefficient (Wildman–Crippen LogP) is 1.64. The third-order valence-electron chi connectivity index (χ3n) is 4.18. The van der Waals surface area contributed by atoms with E-state index < -0.39 is 10.0 Å². The highest BCUT2D eigenvalue weighted by Gasteiger charge is 2.32. The number of aromatic nitrogens is 1. The number of nitrogens with zero attached hydrogens (tertiary/aromatic N) is 2. The largest absolute Gasteiger partial charge is 0.440 e. The van der Waals surface area contributed by atoms with Gasteiger partial charge in [0.25, 0.3) is 10.0 Å². The molecule has 134 valence electrons. The normalized spacial score (nSPS) is 16.6. The van der Waals surface area contributed by atoms with Gasteiger partial charge >= 0.3 is 0 Å². The number of nitrogens with one attached hydrogen (secondary N) is 1. The number of amides is 1. The molecule has 1 aliphatic heterocycles. The SMILES string of the molecule is C=CC(=O)NCC1CCN(S(=O)(=O)c2ccc(-c3ccno3)o2)CC1. The number of rotatable bonds is 6. The molecule has 3 heterocycles. The second-order valence-corrected chi connectivity index (χ2v) is 7.66. The summed E-state index contributed by atoms with van der Waals surface area (Å²) in [7, 11) is -3.69. The summed E-state index contributed by atoms with van der Waals surface area (Å²) >= 11 is 0. The third kappa shape index (κ3) is 3.83. The fraction of sp³-hybridized carbons (Fsp3) is 0.375. The minimum absolute atomic E-state index is 0.114. The van der Waals surface area contributed by atoms with Gasteiger partial charge in [-0.2, -0.15) is 4.31 Å². The van der Waals surface area contributed by atoms with Crippen LogP contribution in [0.2, 0.25) is 0 Å². The molecule has 1 fully saturated rings. The third-order valence-corrected chi connectivity index (χ3v) is 5.95. The van der Waals surface area contributed by atoms with E-state index in [1.807, 2.05) is 0 Å². The Morgan fingerprint density at radius 3 is 2.72 bits per heavy atom. The van der Waals surface area contributed by atoms with E-state index in [0.29, 0.717) is 44.0 Å². The van der Waals surface area contributed by atoms with Crippen LogP contribution in [0.1, 0.15) is 12.8 Å². The highest BCUT2D eigenvalue weighted by molar-refractivity contribution is 7.89. The number of carbonyl (C=O) groups excluding carboxylic acids is 1. The van der Waals surface area contributed by atoms with E-state index in [0.717, 1.165) is 0 Å². The van der Waals surface area contributed by atoms with Crippen molar-refractivity contribution >= 4 is 15.9 Å². The Bertz CT molecular complexity index is 833. The topological polar surface area (TPSA) is 106 Å². The Labute approximate surface area is 145 Å². The molecule has 0 radical (unpaired) electrons. The fourth-order valence-corrected chi connectivity index (χ4v) is 4.11. The number of piperidine rings is 1. The van der Waals surface area contributed by atoms with Crippen molar-refractivity contribution in [3.63, 3.8) is 0 Å². The van der Waals surface area contributed by atoms with Crippen LogP contribution in [0.5, 0.6) is 0 Å². The molecule has 2 aromatic heterocycles. The van der Waals surface area contributed by atoms with E-state index in [9.17, 15) is 13.2 Å². The first-order valence-corrected chi connectivity index (χ1v) is 9.36. The molecule has 1 N–H and O–H groups in total. The van der Waals surface area contributed by atoms with Gasteiger partial charge in [0.1, 0.15) is 0 Å². The van der Waals surface area contributed by atoms with Gasteiger partial charge in [-0.25, -0.2) is 8.42 Å². The zero-order chi connectivity index (χ0) is 17.9. The van der Waals surface area contributed by atoms with Gasteiger partial charge in [-0.3, -0.25) is 4.79 Å². The maximum Gasteiger partial charge on any atom is 0.276 e. The van der Waals surface area contributed by atoms with E-state index in [2.05, 4.69) is 17.1 Å². The minimum Gasteiger partial charge on any atom is -0.440 e. The van der Waals surface area contributed by atoms with Crippen LogP contribution in [0.25, 0.3) is 11.5 Å². The zero-order valence-electron chi connectivity index (χ0n) is 13.6. The Hall–Kier alpha value is -2.39. The molecule has 3 rings (SSSR count). The first-order chi connectivity index (χ1) is 12.0. The highest BCUT2D eigenvalue weighted by atomic mass is 32.2. The molecule has 0 atom stereocenters. The molecule has 1 amide bonds. The molecule has 2 aromatic rings. The average Bonchev–Trinajstić information content (AvgIpc) is 3.31. The average molecular weight is 365 g/mol. The van der Waals surface area contributed by atoms with Crippen molar-refractivity contribution in [2.24, 2.45) is 5.92 Å². The van der Waals surface area contributed by atoms with Crippen molar-refractivity contribution in [3.05, 3.63) is 37.1 Å². The highest BCUT2D eigenvalue weighted by Crippen LogP contribution is 2.28. The lowest BCUT2D eigenvalue weighted by Gasteiger charge is -2.30. The van der Waals surface area contributed by atoms with Crippen LogP contribution in [-0.4, -0.2) is 43.4 Å². The van der Waals surface area contributed by atoms with Crippen molar-refractivity contribution in [1.29, 1.82) is 0 Å². The quantitative estimate of drug-likeness (QED) is 0.780. The Morgan fingerprint density at radius 2 is 2.08 bits per heavy atom. The number of furan rings is 1. The predicted molar refractivity (Wildman–Crippen MR) is 88.9 cm³/mol. The Balaban J connectivity index is 1.62. The van der Waals surface area contributed by atoms with E-state index in [1.165, 1.54) is 22.6 Å². The van der Waals surface area contributed by atoms with Crippen LogP contribution in [-0.2, 0) is 14.8 Å². The van der Waals surface area contributed by atoms with Crippen molar-refractivity contribution < 1.29 is 22.2 Å². The second kappa shape index (κ2) is 7.24. The van der Waals surface area contributed by atoms with Gasteiger partial charge in [-0.05, 0) is 37.0 Å². The van der Waals surface area contributed by atoms with Gasteiger partial charge in [-0.15, -0.1) is 0 Å². The van der Waals surface area contributed by atoms with Gasteiger partial charge in [0.05, 0.1) is 6.20 Å². The molecule has 0 aliphatic carbocycles. The lowest BCUT2D eigenvalue weighted by Crippen LogP contribution is -2.41. The maximum absolute atomic E-state index is 12.7. The van der Waals surface area contributed by atoms with Crippen LogP contribution in [0.3, 0.4) is 0 Å². The summed E-state index contributed by atoms with van der Waals surface area (Å²) in [6, 6.07) is 4.56. The van der Waals surface area contributed by atoms with Gasteiger partial charge in [0, 0.05) is 25.7 Å². The van der Waals surface area contributed by atoms with Gasteiger partial charge in [0.2, 0.25) is 16.8 Å². The van der Waals surface area contributed by atoms with Crippen LogP contribution < -0.4 is 5.32 Å². The van der Waals surface area contributed by atoms with Gasteiger partial charge in [-0.1, -0.05) is 11.7 Å². The number of hydrogen-bond acceptors (Lipinski definition) is 6. The molecule has 0 aromatic carbocycles. The van der Waals surface area contributed by atoms with Crippen LogP contribution in [0.4, 0.5) is 0 Å². The van der Waals surface area contributed by atoms with Crippen molar-refractivity contribution in [2.45, 2.75) is 17.9 Å². The lowest BCUT2D eigenvalue weighted by atomic mass is 9.98. The molecule has 1 saturated heterocycles. The number of hydrogen-bond donors (Lipinski definition) is 1. The summed E-state index contributed by atoms with van der Waals surface area (Å²) in [6.45, 7) is 4.69. The van der Waals surface area contributed by atoms with E-state index in [-0.39, 0.29) is 16.9 Å². The molecule has 0 saturated carbocycles. The van der Waals surface area contributed by atoms with Crippen LogP contribution in [0.15, 0.2) is 51.1 Å². The molecule has 1 aliphatic rings. The molecular formula is C16H19N3O5S. The molecule has 8 nitrogen and oxygen atoms in total. The monoisotopic (exact) mass is 365 g/mol. The summed E-state index contributed by atoms with van der Waals surface area (Å²) in [5.41, 5.74) is 0. The summed E-state index contributed by atoms with van der Waals surface area (Å²) in [6.07, 6.45) is 4.03. The maximum atomic E-state index is 12.7. The molecule has 0 bridgehead atoms. The van der Waals surface area contributed by atoms with E-state index in [4.69, 9.17) is 8.94 Å². The van der Waals surface area contributed by atoms with Crippen molar-refractivity contribution in [3.8, 4) is 11.5 Å². The van der Waals surface area contributed by atoms with Gasteiger partial charge < -0.3 is 14.3 Å². The molecule has 25 heavy (non-hydrogen) atoms. The summed E-state index contributed by atoms with van der Waals surface area (Å²) in [5.74, 6) is 0.721. The van der Waals surface area contributed by atoms with E-state index in [1.54, 1.807) is 12.1 Å². The Morgan fingerprint density at radius 1 is 1.32 bits per heavy atom. The van der Waals surface area contributed by atoms with Crippen molar-refractivity contribution in [1.82, 2.24) is 14.8 Å². The van der Waals surface area contributed by atoms with Gasteiger partial charge in [0.15, 0.2) is 5.76 Å². The lowest BCUT2D eigenvalue weighted by molar-refractivity contribution is -0.116. The minimum atomic E-state index is -3.69. The molecular weight excluding hydrogens is 346 g/mol. The fourth-order valence-electron chi connectivity index (χ4n) is 2.73. The van der Waals surface area contributed by atoms with Crippen molar-refractivity contribution in [2.75, 3.05) is 19.6 Å². The van der Waals surface area contributed by atoms with Crippen LogP contribution >= 0.6 is 0 Å². The molecule has 9 heteroatoms. The number of carbonyl (C=O) groups is 1. The molecule has 0 unspecified atom stereocenters. The first-order valence-electron chi connectivity index (χ1n) is 7.92. The smallest absolute Gasteiger partial charge is 0.276 e. The first kappa shape index (κ1) is 17.4. The van der Waals surface area contributed by atoms with Crippen LogP contribution in [0, 0.1) is 5.92 Å². The second-order valence-electron chi connectivity index (χ2n) is 5.79. The molecule has 0 spiro atoms.